The Morgan fingerprint density at radius 1 is 1.33 bits per heavy atom. The predicted molar refractivity (Wildman–Crippen MR) is 88.2 cm³/mol. The van der Waals surface area contributed by atoms with Gasteiger partial charge >= 0.3 is 0 Å². The first kappa shape index (κ1) is 14.9. The van der Waals surface area contributed by atoms with Crippen LogP contribution in [0.4, 0.5) is 0 Å². The third kappa shape index (κ3) is 2.19. The Kier molecular flexibility index (Phi) is 3.19. The van der Waals surface area contributed by atoms with Gasteiger partial charge < -0.3 is 9.42 Å². The first-order chi connectivity index (χ1) is 11.5. The number of benzene rings is 1. The fourth-order valence-electron chi connectivity index (χ4n) is 3.38. The van der Waals surface area contributed by atoms with Crippen LogP contribution in [0.1, 0.15) is 26.2 Å². The summed E-state index contributed by atoms with van der Waals surface area (Å²) in [6.07, 6.45) is 0.820. The number of hydrogen-bond donors (Lipinski definition) is 0. The summed E-state index contributed by atoms with van der Waals surface area (Å²) in [4.78, 5) is 18.1. The highest BCUT2D eigenvalue weighted by Gasteiger charge is 2.41. The number of fused-ring (bicyclic) bond motifs is 1. The van der Waals surface area contributed by atoms with Gasteiger partial charge in [-0.3, -0.25) is 9.48 Å². The van der Waals surface area contributed by atoms with Crippen LogP contribution in [0.2, 0.25) is 0 Å². The molecule has 0 aliphatic carbocycles. The average molecular weight is 325 g/mol. The Morgan fingerprint density at radius 2 is 2.12 bits per heavy atom. The number of amides is 1. The molecule has 0 spiro atoms. The van der Waals surface area contributed by atoms with Crippen molar-refractivity contribution in [1.29, 1.82) is 0 Å². The molecular weight excluding hydrogens is 306 g/mol. The maximum atomic E-state index is 11.6. The third-order valence-electron chi connectivity index (χ3n) is 4.81. The maximum absolute atomic E-state index is 11.6. The van der Waals surface area contributed by atoms with Crippen molar-refractivity contribution in [2.45, 2.75) is 25.7 Å². The summed E-state index contributed by atoms with van der Waals surface area (Å²) in [5.74, 6) is 1.19. The first-order valence-corrected chi connectivity index (χ1v) is 8.00. The molecule has 2 aromatic heterocycles. The van der Waals surface area contributed by atoms with E-state index in [9.17, 15) is 4.79 Å². The van der Waals surface area contributed by atoms with E-state index in [-0.39, 0.29) is 11.3 Å². The van der Waals surface area contributed by atoms with Crippen LogP contribution in [0.3, 0.4) is 0 Å². The summed E-state index contributed by atoms with van der Waals surface area (Å²) in [6, 6.07) is 7.89. The van der Waals surface area contributed by atoms with Crippen molar-refractivity contribution in [1.82, 2.24) is 24.8 Å². The highest BCUT2D eigenvalue weighted by atomic mass is 16.5. The summed E-state index contributed by atoms with van der Waals surface area (Å²) in [6.45, 7) is 4.98. The Balaban J connectivity index is 1.73. The van der Waals surface area contributed by atoms with Gasteiger partial charge in [-0.2, -0.15) is 10.1 Å². The van der Waals surface area contributed by atoms with Gasteiger partial charge in [-0.1, -0.05) is 23.4 Å². The minimum Gasteiger partial charge on any atom is -0.342 e. The minimum atomic E-state index is -0.300. The molecule has 0 radical (unpaired) electrons. The van der Waals surface area contributed by atoms with E-state index >= 15 is 0 Å². The SMILES string of the molecule is CC(=O)N1CCC(C)(c2nc(-c3c4ccccc4nn3C)no2)C1. The maximum Gasteiger partial charge on any atom is 0.234 e. The van der Waals surface area contributed by atoms with Crippen LogP contribution in [0.25, 0.3) is 22.4 Å². The average Bonchev–Trinajstić information content (AvgIpc) is 3.23. The summed E-state index contributed by atoms with van der Waals surface area (Å²) < 4.78 is 7.34. The third-order valence-corrected chi connectivity index (χ3v) is 4.81. The highest BCUT2D eigenvalue weighted by molar-refractivity contribution is 5.91. The molecule has 1 aromatic carbocycles. The predicted octanol–water partition coefficient (Wildman–Crippen LogP) is 2.13. The first-order valence-electron chi connectivity index (χ1n) is 8.00. The van der Waals surface area contributed by atoms with E-state index in [1.54, 1.807) is 11.6 Å². The van der Waals surface area contributed by atoms with Gasteiger partial charge in [0.1, 0.15) is 5.69 Å². The van der Waals surface area contributed by atoms with Crippen molar-refractivity contribution in [2.75, 3.05) is 13.1 Å². The van der Waals surface area contributed by atoms with Crippen LogP contribution in [-0.2, 0) is 17.3 Å². The molecule has 7 heteroatoms. The number of hydrogen-bond acceptors (Lipinski definition) is 5. The lowest BCUT2D eigenvalue weighted by Gasteiger charge is -2.19. The second kappa shape index (κ2) is 5.15. The molecule has 0 N–H and O–H groups in total. The molecule has 1 fully saturated rings. The quantitative estimate of drug-likeness (QED) is 0.721. The van der Waals surface area contributed by atoms with E-state index < -0.39 is 0 Å². The second-order valence-corrected chi connectivity index (χ2v) is 6.66. The van der Waals surface area contributed by atoms with Crippen LogP contribution in [0, 0.1) is 0 Å². The van der Waals surface area contributed by atoms with Crippen molar-refractivity contribution < 1.29 is 9.32 Å². The van der Waals surface area contributed by atoms with Gasteiger partial charge in [0.05, 0.1) is 10.9 Å². The Bertz CT molecular complexity index is 928. The number of rotatable bonds is 2. The molecule has 3 heterocycles. The molecule has 0 bridgehead atoms. The Hall–Kier alpha value is -2.70. The molecule has 1 atom stereocenters. The van der Waals surface area contributed by atoms with Crippen molar-refractivity contribution >= 4 is 16.8 Å². The molecule has 1 aliphatic heterocycles. The van der Waals surface area contributed by atoms with E-state index in [4.69, 9.17) is 4.52 Å². The fraction of sp³-hybridized carbons (Fsp3) is 0.412. The minimum absolute atomic E-state index is 0.0797. The van der Waals surface area contributed by atoms with Crippen LogP contribution in [0.5, 0.6) is 0 Å². The van der Waals surface area contributed by atoms with E-state index in [0.717, 1.165) is 29.6 Å². The number of carbonyl (C=O) groups is 1. The molecule has 1 amide bonds. The second-order valence-electron chi connectivity index (χ2n) is 6.66. The largest absolute Gasteiger partial charge is 0.342 e. The van der Waals surface area contributed by atoms with E-state index in [1.165, 1.54) is 0 Å². The summed E-state index contributed by atoms with van der Waals surface area (Å²) in [5, 5.41) is 9.66. The number of likely N-dealkylation sites (tertiary alicyclic amines) is 1. The smallest absolute Gasteiger partial charge is 0.234 e. The van der Waals surface area contributed by atoms with E-state index in [1.807, 2.05) is 36.2 Å². The van der Waals surface area contributed by atoms with E-state index in [2.05, 4.69) is 22.2 Å². The monoisotopic (exact) mass is 325 g/mol. The summed E-state index contributed by atoms with van der Waals surface area (Å²) in [5.41, 5.74) is 1.44. The van der Waals surface area contributed by atoms with Gasteiger partial charge in [0.15, 0.2) is 0 Å². The van der Waals surface area contributed by atoms with Crippen LogP contribution < -0.4 is 0 Å². The van der Waals surface area contributed by atoms with Crippen LogP contribution in [-0.4, -0.2) is 43.8 Å². The molecule has 0 saturated carbocycles. The number of nitrogens with zero attached hydrogens (tertiary/aromatic N) is 5. The molecular formula is C17H19N5O2. The fourth-order valence-corrected chi connectivity index (χ4v) is 3.38. The summed E-state index contributed by atoms with van der Waals surface area (Å²) >= 11 is 0. The molecule has 1 unspecified atom stereocenters. The van der Waals surface area contributed by atoms with Gasteiger partial charge in [0.25, 0.3) is 0 Å². The van der Waals surface area contributed by atoms with Gasteiger partial charge in [-0.25, -0.2) is 0 Å². The van der Waals surface area contributed by atoms with Crippen LogP contribution in [0.15, 0.2) is 28.8 Å². The number of aromatic nitrogens is 4. The molecule has 1 saturated heterocycles. The zero-order valence-electron chi connectivity index (χ0n) is 14.0. The lowest BCUT2D eigenvalue weighted by molar-refractivity contribution is -0.128. The number of aryl methyl sites for hydroxylation is 1. The highest BCUT2D eigenvalue weighted by Crippen LogP contribution is 2.35. The van der Waals surface area contributed by atoms with Gasteiger partial charge in [-0.05, 0) is 19.4 Å². The standard InChI is InChI=1S/C17H19N5O2/c1-11(23)22-9-8-17(2,10-22)16-18-15(20-24-16)14-12-6-4-5-7-13(12)19-21(14)3/h4-7H,8-10H2,1-3H3. The Labute approximate surface area is 139 Å². The molecule has 3 aromatic rings. The lowest BCUT2D eigenvalue weighted by atomic mass is 9.90. The molecule has 7 nitrogen and oxygen atoms in total. The normalized spacial score (nSPS) is 20.9. The van der Waals surface area contributed by atoms with Gasteiger partial charge in [-0.15, -0.1) is 0 Å². The zero-order valence-corrected chi connectivity index (χ0v) is 14.0. The lowest BCUT2D eigenvalue weighted by Crippen LogP contribution is -2.31. The van der Waals surface area contributed by atoms with Gasteiger partial charge in [0.2, 0.25) is 17.6 Å². The van der Waals surface area contributed by atoms with Crippen molar-refractivity contribution in [3.05, 3.63) is 30.2 Å². The zero-order chi connectivity index (χ0) is 16.9. The Morgan fingerprint density at radius 3 is 2.88 bits per heavy atom. The molecule has 1 aliphatic rings. The van der Waals surface area contributed by atoms with E-state index in [0.29, 0.717) is 18.3 Å². The van der Waals surface area contributed by atoms with Crippen molar-refractivity contribution in [3.63, 3.8) is 0 Å². The van der Waals surface area contributed by atoms with Gasteiger partial charge in [0, 0.05) is 32.4 Å². The molecule has 24 heavy (non-hydrogen) atoms. The summed E-state index contributed by atoms with van der Waals surface area (Å²) in [7, 11) is 1.88. The topological polar surface area (TPSA) is 77.1 Å². The van der Waals surface area contributed by atoms with Crippen molar-refractivity contribution in [3.8, 4) is 11.5 Å². The molecule has 4 rings (SSSR count). The van der Waals surface area contributed by atoms with Crippen molar-refractivity contribution in [2.24, 2.45) is 7.05 Å². The number of carbonyl (C=O) groups excluding carboxylic acids is 1. The molecule has 124 valence electrons. The van der Waals surface area contributed by atoms with Crippen LogP contribution >= 0.6 is 0 Å².